The van der Waals surface area contributed by atoms with Crippen LogP contribution in [0.5, 0.6) is 0 Å². The van der Waals surface area contributed by atoms with Crippen molar-refractivity contribution in [1.82, 2.24) is 9.38 Å². The molecule has 0 atom stereocenters. The predicted molar refractivity (Wildman–Crippen MR) is 213 cm³/mol. The average Bonchev–Trinajstić information content (AvgIpc) is 3.69. The van der Waals surface area contributed by atoms with Gasteiger partial charge in [-0.2, -0.15) is 0 Å². The van der Waals surface area contributed by atoms with Crippen molar-refractivity contribution in [2.24, 2.45) is 0 Å². The van der Waals surface area contributed by atoms with Crippen LogP contribution < -0.4 is 5.19 Å². The van der Waals surface area contributed by atoms with Crippen molar-refractivity contribution in [3.63, 3.8) is 0 Å². The fourth-order valence-corrected chi connectivity index (χ4v) is 10.2. The number of para-hydroxylation sites is 2. The Morgan fingerprint density at radius 3 is 1.90 bits per heavy atom. The Morgan fingerprint density at radius 1 is 0.521 bits per heavy atom. The van der Waals surface area contributed by atoms with E-state index in [-0.39, 0.29) is 0 Å². The summed E-state index contributed by atoms with van der Waals surface area (Å²) in [5.41, 5.74) is 4.45. The first kappa shape index (κ1) is 27.8. The van der Waals surface area contributed by atoms with Gasteiger partial charge in [0, 0.05) is 36.5 Å². The topological polar surface area (TPSA) is 17.3 Å². The Hall–Kier alpha value is -5.29. The number of fused-ring (bicyclic) bond motifs is 11. The minimum absolute atomic E-state index is 0.976. The lowest BCUT2D eigenvalue weighted by Crippen LogP contribution is -2.37. The van der Waals surface area contributed by atoms with Crippen molar-refractivity contribution >= 4 is 104 Å². The van der Waals surface area contributed by atoms with Gasteiger partial charge in [-0.1, -0.05) is 134 Å². The molecule has 48 heavy (non-hydrogen) atoms. The number of imidazole rings is 1. The Labute approximate surface area is 283 Å². The van der Waals surface area contributed by atoms with Gasteiger partial charge in [0.1, 0.15) is 5.82 Å². The molecule has 3 heterocycles. The maximum absolute atomic E-state index is 5.48. The van der Waals surface area contributed by atoms with Gasteiger partial charge >= 0.3 is 0 Å². The molecule has 0 bridgehead atoms. The van der Waals surface area contributed by atoms with Gasteiger partial charge in [0.05, 0.1) is 24.6 Å². The molecule has 7 aromatic carbocycles. The minimum atomic E-state index is -1.42. The summed E-state index contributed by atoms with van der Waals surface area (Å²) in [4.78, 5) is 5.48. The van der Waals surface area contributed by atoms with E-state index in [1.807, 2.05) is 11.3 Å². The summed E-state index contributed by atoms with van der Waals surface area (Å²) in [6.45, 7) is 7.27. The molecule has 0 aliphatic carbocycles. The summed E-state index contributed by atoms with van der Waals surface area (Å²) in [6.07, 6.45) is 0. The highest BCUT2D eigenvalue weighted by Crippen LogP contribution is 2.43. The third-order valence-electron chi connectivity index (χ3n) is 10.1. The van der Waals surface area contributed by atoms with E-state index in [9.17, 15) is 0 Å². The van der Waals surface area contributed by atoms with Crippen LogP contribution in [0.3, 0.4) is 0 Å². The van der Waals surface area contributed by atoms with E-state index >= 15 is 0 Å². The zero-order valence-corrected chi connectivity index (χ0v) is 28.9. The Kier molecular flexibility index (Phi) is 5.85. The van der Waals surface area contributed by atoms with Gasteiger partial charge in [0.15, 0.2) is 0 Å². The lowest BCUT2D eigenvalue weighted by atomic mass is 10.0. The first-order chi connectivity index (χ1) is 23.4. The van der Waals surface area contributed by atoms with Crippen LogP contribution in [-0.4, -0.2) is 17.5 Å². The van der Waals surface area contributed by atoms with Crippen LogP contribution in [0.4, 0.5) is 0 Å². The van der Waals surface area contributed by atoms with Crippen molar-refractivity contribution in [2.45, 2.75) is 19.6 Å². The van der Waals surface area contributed by atoms with Gasteiger partial charge in [0.25, 0.3) is 0 Å². The van der Waals surface area contributed by atoms with E-state index in [0.717, 1.165) is 22.4 Å². The van der Waals surface area contributed by atoms with E-state index in [4.69, 9.17) is 4.98 Å². The number of hydrogen-bond donors (Lipinski definition) is 0. The van der Waals surface area contributed by atoms with Crippen LogP contribution in [0.2, 0.25) is 19.6 Å². The molecule has 0 fully saturated rings. The van der Waals surface area contributed by atoms with Crippen LogP contribution in [0.25, 0.3) is 91.2 Å². The molecule has 10 rings (SSSR count). The van der Waals surface area contributed by atoms with Crippen LogP contribution in [0, 0.1) is 0 Å². The smallest absolute Gasteiger partial charge is 0.147 e. The Bertz CT molecular complexity index is 3000. The molecule has 228 valence electrons. The van der Waals surface area contributed by atoms with Crippen molar-refractivity contribution in [1.29, 1.82) is 0 Å². The molecule has 3 aromatic heterocycles. The molecule has 0 saturated carbocycles. The molecule has 0 spiro atoms. The highest BCUT2D eigenvalue weighted by molar-refractivity contribution is 7.26. The number of nitrogens with zero attached hydrogens (tertiary/aromatic N) is 2. The second kappa shape index (κ2) is 10.1. The molecule has 0 unspecified atom stereocenters. The Morgan fingerprint density at radius 2 is 1.15 bits per heavy atom. The van der Waals surface area contributed by atoms with Gasteiger partial charge in [-0.3, -0.25) is 4.40 Å². The third-order valence-corrected chi connectivity index (χ3v) is 13.4. The number of hydrogen-bond acceptors (Lipinski definition) is 2. The van der Waals surface area contributed by atoms with E-state index in [1.54, 1.807) is 0 Å². The molecular formula is C44H32N2SSi. The van der Waals surface area contributed by atoms with Crippen LogP contribution in [-0.2, 0) is 0 Å². The molecule has 0 aliphatic heterocycles. The molecule has 0 aliphatic rings. The van der Waals surface area contributed by atoms with Crippen LogP contribution in [0.15, 0.2) is 140 Å². The first-order valence-electron chi connectivity index (χ1n) is 16.6. The second-order valence-corrected chi connectivity index (χ2v) is 20.1. The summed E-state index contributed by atoms with van der Waals surface area (Å²) >= 11 is 1.89. The molecule has 4 heteroatoms. The maximum Gasteiger partial charge on any atom is 0.147 e. The van der Waals surface area contributed by atoms with E-state index in [2.05, 4.69) is 164 Å². The van der Waals surface area contributed by atoms with Crippen LogP contribution >= 0.6 is 11.3 Å². The van der Waals surface area contributed by atoms with Gasteiger partial charge in [-0.25, -0.2) is 4.98 Å². The quantitative estimate of drug-likeness (QED) is 0.171. The first-order valence-corrected chi connectivity index (χ1v) is 21.0. The van der Waals surface area contributed by atoms with Gasteiger partial charge < -0.3 is 0 Å². The number of rotatable bonds is 2. The van der Waals surface area contributed by atoms with Gasteiger partial charge in [0.2, 0.25) is 0 Å². The highest BCUT2D eigenvalue weighted by atomic mass is 32.1. The van der Waals surface area contributed by atoms with Crippen molar-refractivity contribution in [3.05, 3.63) is 140 Å². The maximum atomic E-state index is 5.48. The number of aromatic nitrogens is 2. The monoisotopic (exact) mass is 648 g/mol. The number of thiophene rings is 1. The van der Waals surface area contributed by atoms with E-state index in [1.165, 1.54) is 74.0 Å². The van der Waals surface area contributed by atoms with Crippen LogP contribution in [0.1, 0.15) is 0 Å². The summed E-state index contributed by atoms with van der Waals surface area (Å²) in [6, 6.07) is 51.8. The van der Waals surface area contributed by atoms with E-state index < -0.39 is 8.07 Å². The van der Waals surface area contributed by atoms with Crippen molar-refractivity contribution in [2.75, 3.05) is 0 Å². The van der Waals surface area contributed by atoms with Gasteiger partial charge in [-0.05, 0) is 62.6 Å². The molecule has 0 saturated heterocycles. The summed E-state index contributed by atoms with van der Waals surface area (Å²) < 4.78 is 5.04. The standard InChI is InChI=1S/C44H32N2SSi/c1-48(2,3)29-23-22-27-25-38-36-18-10-19-37(43(36)47-41(38)26-28(27)24-29)44-45-39-20-11-17-35-33-15-7-5-13-31(33)30-12-4-6-14-32(30)34-16-8-9-21-40(34)46(44)42(35)39/h4-26H,1-3H3. The predicted octanol–water partition coefficient (Wildman–Crippen LogP) is 12.2. The fraction of sp³-hybridized carbons (Fsp3) is 0.0682. The van der Waals surface area contributed by atoms with Crippen molar-refractivity contribution < 1.29 is 0 Å². The SMILES string of the molecule is C[Si](C)(C)c1ccc2cc3c(cc2c1)sc1c(-c2nc4cccc5c6ccccc6c6ccccc6c6ccccc6n2c45)cccc13. The minimum Gasteiger partial charge on any atom is -0.291 e. The van der Waals surface area contributed by atoms with Crippen molar-refractivity contribution in [3.8, 4) is 11.4 Å². The summed E-state index contributed by atoms with van der Waals surface area (Å²) in [5.74, 6) is 0.976. The average molecular weight is 649 g/mol. The second-order valence-electron chi connectivity index (χ2n) is 14.0. The molecule has 10 aromatic rings. The Balaban J connectivity index is 1.39. The molecular weight excluding hydrogens is 617 g/mol. The zero-order chi connectivity index (χ0) is 32.1. The summed E-state index contributed by atoms with van der Waals surface area (Å²) in [5, 5.41) is 14.1. The normalized spacial score (nSPS) is 12.5. The molecule has 0 N–H and O–H groups in total. The molecule has 0 radical (unpaired) electrons. The fourth-order valence-electron chi connectivity index (χ4n) is 7.74. The van der Waals surface area contributed by atoms with Gasteiger partial charge in [-0.15, -0.1) is 11.3 Å². The largest absolute Gasteiger partial charge is 0.291 e. The molecule has 2 nitrogen and oxygen atoms in total. The third kappa shape index (κ3) is 4.00. The zero-order valence-electron chi connectivity index (χ0n) is 27.1. The number of benzene rings is 7. The summed E-state index contributed by atoms with van der Waals surface area (Å²) in [7, 11) is -1.42. The lowest BCUT2D eigenvalue weighted by molar-refractivity contribution is 1.23. The molecule has 0 amide bonds. The lowest BCUT2D eigenvalue weighted by Gasteiger charge is -2.17. The van der Waals surface area contributed by atoms with E-state index in [0.29, 0.717) is 0 Å². The highest BCUT2D eigenvalue weighted by Gasteiger charge is 2.20.